The average molecular weight is 263 g/mol. The zero-order chi connectivity index (χ0) is 13.8. The van der Waals surface area contributed by atoms with Gasteiger partial charge < -0.3 is 4.90 Å². The molecule has 0 spiro atoms. The fourth-order valence-corrected chi connectivity index (χ4v) is 2.55. The van der Waals surface area contributed by atoms with E-state index < -0.39 is 5.82 Å². The van der Waals surface area contributed by atoms with Crippen LogP contribution in [0.25, 0.3) is 0 Å². The third kappa shape index (κ3) is 2.67. The molecule has 0 aromatic heterocycles. The normalized spacial score (nSPS) is 15.4. The average Bonchev–Trinajstić information content (AvgIpc) is 2.47. The van der Waals surface area contributed by atoms with Crippen LogP contribution in [0.5, 0.6) is 0 Å². The molecule has 102 valence electrons. The van der Waals surface area contributed by atoms with Crippen molar-refractivity contribution in [1.82, 2.24) is 4.90 Å². The zero-order valence-corrected chi connectivity index (χ0v) is 11.1. The van der Waals surface area contributed by atoms with Crippen molar-refractivity contribution >= 4 is 12.2 Å². The van der Waals surface area contributed by atoms with Gasteiger partial charge in [-0.3, -0.25) is 9.59 Å². The van der Waals surface area contributed by atoms with Gasteiger partial charge in [-0.2, -0.15) is 0 Å². The lowest BCUT2D eigenvalue weighted by molar-refractivity contribution is 0.0716. The van der Waals surface area contributed by atoms with Gasteiger partial charge in [0.2, 0.25) is 0 Å². The van der Waals surface area contributed by atoms with Crippen LogP contribution >= 0.6 is 0 Å². The number of hydrogen-bond donors (Lipinski definition) is 0. The van der Waals surface area contributed by atoms with Crippen LogP contribution < -0.4 is 0 Å². The maximum atomic E-state index is 14.0. The first-order valence-electron chi connectivity index (χ1n) is 6.74. The van der Waals surface area contributed by atoms with E-state index in [0.29, 0.717) is 25.8 Å². The number of carbonyl (C=O) groups excluding carboxylic acids is 2. The minimum atomic E-state index is -0.602. The SMILES string of the molecule is CCc1ccc(F)c(C(=O)N2CCCCC2)c1C=O. The van der Waals surface area contributed by atoms with Crippen molar-refractivity contribution in [1.29, 1.82) is 0 Å². The third-order valence-electron chi connectivity index (χ3n) is 3.64. The van der Waals surface area contributed by atoms with Crippen molar-refractivity contribution in [2.45, 2.75) is 32.6 Å². The molecule has 0 bridgehead atoms. The fraction of sp³-hybridized carbons (Fsp3) is 0.467. The summed E-state index contributed by atoms with van der Waals surface area (Å²) in [5, 5.41) is 0. The topological polar surface area (TPSA) is 37.4 Å². The van der Waals surface area contributed by atoms with E-state index in [4.69, 9.17) is 0 Å². The predicted octanol–water partition coefficient (Wildman–Crippen LogP) is 2.83. The Balaban J connectivity index is 2.42. The zero-order valence-electron chi connectivity index (χ0n) is 11.1. The maximum absolute atomic E-state index is 14.0. The van der Waals surface area contributed by atoms with Crippen molar-refractivity contribution in [2.75, 3.05) is 13.1 Å². The monoisotopic (exact) mass is 263 g/mol. The Morgan fingerprint density at radius 3 is 2.58 bits per heavy atom. The van der Waals surface area contributed by atoms with Crippen molar-refractivity contribution < 1.29 is 14.0 Å². The Morgan fingerprint density at radius 2 is 2.00 bits per heavy atom. The molecule has 0 radical (unpaired) electrons. The van der Waals surface area contributed by atoms with Gasteiger partial charge in [0.1, 0.15) is 5.82 Å². The molecule has 1 aromatic carbocycles. The molecule has 4 heteroatoms. The largest absolute Gasteiger partial charge is 0.339 e. The summed E-state index contributed by atoms with van der Waals surface area (Å²) >= 11 is 0. The first-order chi connectivity index (χ1) is 9.19. The molecule has 1 saturated heterocycles. The third-order valence-corrected chi connectivity index (χ3v) is 3.64. The number of benzene rings is 1. The van der Waals surface area contributed by atoms with Crippen LogP contribution in [-0.2, 0) is 6.42 Å². The molecule has 0 N–H and O–H groups in total. The van der Waals surface area contributed by atoms with Gasteiger partial charge in [-0.25, -0.2) is 4.39 Å². The second-order valence-electron chi connectivity index (χ2n) is 4.82. The molecule has 1 amide bonds. The molecule has 0 aliphatic carbocycles. The predicted molar refractivity (Wildman–Crippen MR) is 70.9 cm³/mol. The van der Waals surface area contributed by atoms with Gasteiger partial charge in [-0.05, 0) is 37.3 Å². The molecule has 1 aliphatic rings. The van der Waals surface area contributed by atoms with Gasteiger partial charge in [0.05, 0.1) is 5.56 Å². The van der Waals surface area contributed by atoms with E-state index in [2.05, 4.69) is 0 Å². The minimum absolute atomic E-state index is 0.0590. The summed E-state index contributed by atoms with van der Waals surface area (Å²) in [7, 11) is 0. The van der Waals surface area contributed by atoms with E-state index >= 15 is 0 Å². The van der Waals surface area contributed by atoms with Crippen LogP contribution in [0.15, 0.2) is 12.1 Å². The molecule has 1 aliphatic heterocycles. The number of piperidine rings is 1. The highest BCUT2D eigenvalue weighted by Gasteiger charge is 2.25. The lowest BCUT2D eigenvalue weighted by atomic mass is 9.98. The van der Waals surface area contributed by atoms with E-state index in [0.717, 1.165) is 24.8 Å². The number of halogens is 1. The highest BCUT2D eigenvalue weighted by Crippen LogP contribution is 2.21. The van der Waals surface area contributed by atoms with Gasteiger partial charge in [0.15, 0.2) is 6.29 Å². The fourth-order valence-electron chi connectivity index (χ4n) is 2.55. The number of aldehydes is 1. The van der Waals surface area contributed by atoms with E-state index in [1.54, 1.807) is 11.0 Å². The van der Waals surface area contributed by atoms with Crippen LogP contribution in [0.3, 0.4) is 0 Å². The summed E-state index contributed by atoms with van der Waals surface area (Å²) in [4.78, 5) is 25.3. The van der Waals surface area contributed by atoms with Crippen LogP contribution in [0.1, 0.15) is 52.5 Å². The summed E-state index contributed by atoms with van der Waals surface area (Å²) in [5.41, 5.74) is 0.867. The van der Waals surface area contributed by atoms with Gasteiger partial charge in [-0.15, -0.1) is 0 Å². The lowest BCUT2D eigenvalue weighted by Crippen LogP contribution is -2.36. The molecule has 2 rings (SSSR count). The molecule has 0 saturated carbocycles. The number of amides is 1. The summed E-state index contributed by atoms with van der Waals surface area (Å²) in [6.07, 6.45) is 4.18. The maximum Gasteiger partial charge on any atom is 0.257 e. The molecule has 19 heavy (non-hydrogen) atoms. The lowest BCUT2D eigenvalue weighted by Gasteiger charge is -2.27. The van der Waals surface area contributed by atoms with E-state index in [9.17, 15) is 14.0 Å². The van der Waals surface area contributed by atoms with Gasteiger partial charge in [-0.1, -0.05) is 13.0 Å². The quantitative estimate of drug-likeness (QED) is 0.786. The Morgan fingerprint density at radius 1 is 1.32 bits per heavy atom. The number of carbonyl (C=O) groups is 2. The minimum Gasteiger partial charge on any atom is -0.339 e. The summed E-state index contributed by atoms with van der Waals surface area (Å²) in [6, 6.07) is 2.86. The summed E-state index contributed by atoms with van der Waals surface area (Å²) < 4.78 is 14.0. The van der Waals surface area contributed by atoms with Crippen molar-refractivity contribution in [3.8, 4) is 0 Å². The van der Waals surface area contributed by atoms with Crippen LogP contribution in [0.2, 0.25) is 0 Å². The van der Waals surface area contributed by atoms with Gasteiger partial charge >= 0.3 is 0 Å². The van der Waals surface area contributed by atoms with Gasteiger partial charge in [0, 0.05) is 18.7 Å². The molecule has 1 aromatic rings. The van der Waals surface area contributed by atoms with E-state index in [1.807, 2.05) is 6.92 Å². The van der Waals surface area contributed by atoms with Crippen molar-refractivity contribution in [2.24, 2.45) is 0 Å². The number of rotatable bonds is 3. The Bertz CT molecular complexity index is 493. The van der Waals surface area contributed by atoms with E-state index in [-0.39, 0.29) is 17.0 Å². The van der Waals surface area contributed by atoms with Crippen LogP contribution in [0.4, 0.5) is 4.39 Å². The second-order valence-corrected chi connectivity index (χ2v) is 4.82. The van der Waals surface area contributed by atoms with Crippen LogP contribution in [0, 0.1) is 5.82 Å². The highest BCUT2D eigenvalue weighted by molar-refractivity contribution is 6.02. The number of likely N-dealkylation sites (tertiary alicyclic amines) is 1. The first kappa shape index (κ1) is 13.7. The molecule has 1 heterocycles. The molecule has 0 unspecified atom stereocenters. The first-order valence-corrected chi connectivity index (χ1v) is 6.74. The molecular formula is C15H18FNO2. The van der Waals surface area contributed by atoms with Gasteiger partial charge in [0.25, 0.3) is 5.91 Å². The number of aryl methyl sites for hydroxylation is 1. The van der Waals surface area contributed by atoms with Crippen molar-refractivity contribution in [3.05, 3.63) is 34.6 Å². The summed E-state index contributed by atoms with van der Waals surface area (Å²) in [6.45, 7) is 3.18. The second kappa shape index (κ2) is 5.95. The standard InChI is InChI=1S/C15H18FNO2/c1-2-11-6-7-13(16)14(12(11)10-18)15(19)17-8-4-3-5-9-17/h6-7,10H,2-5,8-9H2,1H3. The Kier molecular flexibility index (Phi) is 4.30. The summed E-state index contributed by atoms with van der Waals surface area (Å²) in [5.74, 6) is -0.954. The molecule has 0 atom stereocenters. The van der Waals surface area contributed by atoms with Crippen LogP contribution in [-0.4, -0.2) is 30.2 Å². The number of hydrogen-bond acceptors (Lipinski definition) is 2. The number of nitrogens with zero attached hydrogens (tertiary/aromatic N) is 1. The molecular weight excluding hydrogens is 245 g/mol. The highest BCUT2D eigenvalue weighted by atomic mass is 19.1. The Labute approximate surface area is 112 Å². The molecule has 3 nitrogen and oxygen atoms in total. The Hall–Kier alpha value is -1.71. The smallest absolute Gasteiger partial charge is 0.257 e. The van der Waals surface area contributed by atoms with E-state index in [1.165, 1.54) is 6.07 Å². The van der Waals surface area contributed by atoms with Crippen molar-refractivity contribution in [3.63, 3.8) is 0 Å². The molecule has 1 fully saturated rings.